The molecular formula is C26H23F3N2O2S. The Balaban J connectivity index is 1.40. The van der Waals surface area contributed by atoms with E-state index in [1.807, 2.05) is 30.3 Å². The van der Waals surface area contributed by atoms with Crippen molar-refractivity contribution in [3.63, 3.8) is 0 Å². The van der Waals surface area contributed by atoms with Crippen LogP contribution in [0.2, 0.25) is 0 Å². The van der Waals surface area contributed by atoms with Gasteiger partial charge in [0, 0.05) is 36.7 Å². The highest BCUT2D eigenvalue weighted by atomic mass is 32.2. The summed E-state index contributed by atoms with van der Waals surface area (Å²) in [5, 5.41) is 1.07. The molecule has 1 aliphatic heterocycles. The minimum Gasteiger partial charge on any atom is -0.343 e. The molecule has 0 N–H and O–H groups in total. The molecule has 0 radical (unpaired) electrons. The Morgan fingerprint density at radius 1 is 0.853 bits per heavy atom. The molecule has 1 saturated heterocycles. The fraction of sp³-hybridized carbons (Fsp3) is 0.231. The molecule has 1 aromatic heterocycles. The van der Waals surface area contributed by atoms with Crippen molar-refractivity contribution < 1.29 is 21.6 Å². The largest absolute Gasteiger partial charge is 0.343 e. The Labute approximate surface area is 196 Å². The van der Waals surface area contributed by atoms with Gasteiger partial charge in [0.25, 0.3) is 0 Å². The molecule has 0 aliphatic carbocycles. The number of hydrogen-bond acceptors (Lipinski definition) is 2. The van der Waals surface area contributed by atoms with Crippen LogP contribution in [0, 0.1) is 17.5 Å². The van der Waals surface area contributed by atoms with Crippen molar-refractivity contribution in [2.75, 3.05) is 13.1 Å². The van der Waals surface area contributed by atoms with Gasteiger partial charge in [-0.3, -0.25) is 0 Å². The minimum atomic E-state index is -4.27. The molecule has 0 atom stereocenters. The highest BCUT2D eigenvalue weighted by molar-refractivity contribution is 7.89. The van der Waals surface area contributed by atoms with E-state index in [9.17, 15) is 21.6 Å². The molecule has 0 spiro atoms. The van der Waals surface area contributed by atoms with E-state index in [-0.39, 0.29) is 24.8 Å². The first-order chi connectivity index (χ1) is 16.3. The van der Waals surface area contributed by atoms with Crippen LogP contribution in [0.15, 0.2) is 77.8 Å². The van der Waals surface area contributed by atoms with Gasteiger partial charge in [-0.2, -0.15) is 4.31 Å². The lowest BCUT2D eigenvalue weighted by Gasteiger charge is -2.31. The highest BCUT2D eigenvalue weighted by Crippen LogP contribution is 2.36. The number of nitrogens with zero attached hydrogens (tertiary/aromatic N) is 2. The molecule has 8 heteroatoms. The highest BCUT2D eigenvalue weighted by Gasteiger charge is 2.34. The first-order valence-electron chi connectivity index (χ1n) is 11.1. The van der Waals surface area contributed by atoms with E-state index < -0.39 is 26.6 Å². The number of para-hydroxylation sites is 1. The second kappa shape index (κ2) is 8.92. The van der Waals surface area contributed by atoms with Crippen molar-refractivity contribution in [2.45, 2.75) is 30.2 Å². The second-order valence-electron chi connectivity index (χ2n) is 8.59. The molecule has 0 saturated carbocycles. The molecular weight excluding hydrogens is 461 g/mol. The molecule has 5 rings (SSSR count). The Bertz CT molecular complexity index is 1440. The van der Waals surface area contributed by atoms with E-state index >= 15 is 0 Å². The van der Waals surface area contributed by atoms with Gasteiger partial charge in [0.15, 0.2) is 4.90 Å². The van der Waals surface area contributed by atoms with E-state index in [1.165, 1.54) is 12.1 Å². The van der Waals surface area contributed by atoms with Gasteiger partial charge in [-0.15, -0.1) is 0 Å². The molecule has 0 bridgehead atoms. The van der Waals surface area contributed by atoms with Crippen LogP contribution >= 0.6 is 0 Å². The molecule has 0 amide bonds. The van der Waals surface area contributed by atoms with Crippen molar-refractivity contribution in [3.05, 3.63) is 102 Å². The number of aromatic nitrogens is 1. The summed E-state index contributed by atoms with van der Waals surface area (Å²) < 4.78 is 71.1. The predicted molar refractivity (Wildman–Crippen MR) is 125 cm³/mol. The molecule has 176 valence electrons. The average molecular weight is 485 g/mol. The molecule has 3 aromatic carbocycles. The molecule has 2 heterocycles. The normalized spacial score (nSPS) is 15.7. The number of sulfonamides is 1. The SMILES string of the molecule is O=S(=O)(c1c(F)cccc1F)N1CCC(c2cn(Cc3cccc(F)c3)c3ccccc23)CC1. The van der Waals surface area contributed by atoms with E-state index in [1.54, 1.807) is 6.07 Å². The van der Waals surface area contributed by atoms with Gasteiger partial charge < -0.3 is 4.57 Å². The average Bonchev–Trinajstić information content (AvgIpc) is 3.17. The first kappa shape index (κ1) is 22.7. The maximum atomic E-state index is 14.2. The van der Waals surface area contributed by atoms with Gasteiger partial charge in [0.05, 0.1) is 0 Å². The lowest BCUT2D eigenvalue weighted by molar-refractivity contribution is 0.317. The first-order valence-corrected chi connectivity index (χ1v) is 12.5. The van der Waals surface area contributed by atoms with E-state index in [4.69, 9.17) is 0 Å². The van der Waals surface area contributed by atoms with Gasteiger partial charge in [0.1, 0.15) is 17.5 Å². The van der Waals surface area contributed by atoms with Crippen LogP contribution in [-0.2, 0) is 16.6 Å². The monoisotopic (exact) mass is 484 g/mol. The number of halogens is 3. The fourth-order valence-corrected chi connectivity index (χ4v) is 6.41. The molecule has 1 aliphatic rings. The molecule has 4 aromatic rings. The summed E-state index contributed by atoms with van der Waals surface area (Å²) in [7, 11) is -4.27. The van der Waals surface area contributed by atoms with Gasteiger partial charge in [0.2, 0.25) is 10.0 Å². The number of piperidine rings is 1. The Kier molecular flexibility index (Phi) is 5.95. The Morgan fingerprint density at radius 2 is 1.53 bits per heavy atom. The molecule has 0 unspecified atom stereocenters. The lowest BCUT2D eigenvalue weighted by atomic mass is 9.90. The predicted octanol–water partition coefficient (Wildman–Crippen LogP) is 5.68. The second-order valence-corrected chi connectivity index (χ2v) is 10.5. The summed E-state index contributed by atoms with van der Waals surface area (Å²) in [5.41, 5.74) is 2.96. The van der Waals surface area contributed by atoms with Crippen molar-refractivity contribution in [1.82, 2.24) is 8.87 Å². The van der Waals surface area contributed by atoms with Crippen LogP contribution in [0.4, 0.5) is 13.2 Å². The van der Waals surface area contributed by atoms with Gasteiger partial charge >= 0.3 is 0 Å². The maximum absolute atomic E-state index is 14.2. The number of rotatable bonds is 5. The lowest BCUT2D eigenvalue weighted by Crippen LogP contribution is -2.38. The topological polar surface area (TPSA) is 42.3 Å². The van der Waals surface area contributed by atoms with Crippen LogP contribution in [0.1, 0.15) is 29.9 Å². The van der Waals surface area contributed by atoms with Crippen LogP contribution in [0.25, 0.3) is 10.9 Å². The smallest absolute Gasteiger partial charge is 0.248 e. The van der Waals surface area contributed by atoms with Crippen molar-refractivity contribution >= 4 is 20.9 Å². The summed E-state index contributed by atoms with van der Waals surface area (Å²) in [6.45, 7) is 0.854. The van der Waals surface area contributed by atoms with Crippen molar-refractivity contribution in [1.29, 1.82) is 0 Å². The zero-order valence-electron chi connectivity index (χ0n) is 18.3. The van der Waals surface area contributed by atoms with Crippen molar-refractivity contribution in [3.8, 4) is 0 Å². The van der Waals surface area contributed by atoms with Crippen LogP contribution in [-0.4, -0.2) is 30.4 Å². The van der Waals surface area contributed by atoms with Crippen LogP contribution in [0.3, 0.4) is 0 Å². The van der Waals surface area contributed by atoms with Gasteiger partial charge in [-0.25, -0.2) is 21.6 Å². The quantitative estimate of drug-likeness (QED) is 0.366. The third kappa shape index (κ3) is 4.12. The van der Waals surface area contributed by atoms with E-state index in [0.29, 0.717) is 19.4 Å². The van der Waals surface area contributed by atoms with E-state index in [0.717, 1.165) is 44.5 Å². The zero-order chi connectivity index (χ0) is 23.9. The molecule has 34 heavy (non-hydrogen) atoms. The minimum absolute atomic E-state index is 0.0931. The summed E-state index contributed by atoms with van der Waals surface area (Å²) in [6.07, 6.45) is 3.12. The van der Waals surface area contributed by atoms with Gasteiger partial charge in [-0.05, 0) is 60.2 Å². The standard InChI is InChI=1S/C26H23F3N2O2S/c27-20-6-3-5-18(15-20)16-30-17-22(21-7-1-2-10-25(21)30)19-11-13-31(14-12-19)34(32,33)26-23(28)8-4-9-24(26)29/h1-10,15,17,19H,11-14,16H2. The molecule has 4 nitrogen and oxygen atoms in total. The van der Waals surface area contributed by atoms with E-state index in [2.05, 4.69) is 10.8 Å². The van der Waals surface area contributed by atoms with Crippen molar-refractivity contribution in [2.24, 2.45) is 0 Å². The summed E-state index contributed by atoms with van der Waals surface area (Å²) in [4.78, 5) is -0.889. The number of fused-ring (bicyclic) bond motifs is 1. The summed E-state index contributed by atoms with van der Waals surface area (Å²) in [6, 6.07) is 17.5. The fourth-order valence-electron chi connectivity index (χ4n) is 4.83. The third-order valence-electron chi connectivity index (χ3n) is 6.47. The Hall–Kier alpha value is -3.10. The van der Waals surface area contributed by atoms with Crippen LogP contribution in [0.5, 0.6) is 0 Å². The van der Waals surface area contributed by atoms with Gasteiger partial charge in [-0.1, -0.05) is 36.4 Å². The number of benzene rings is 3. The zero-order valence-corrected chi connectivity index (χ0v) is 19.1. The third-order valence-corrected chi connectivity index (χ3v) is 8.42. The summed E-state index contributed by atoms with van der Waals surface area (Å²) >= 11 is 0. The summed E-state index contributed by atoms with van der Waals surface area (Å²) in [5.74, 6) is -2.35. The Morgan fingerprint density at radius 3 is 2.24 bits per heavy atom. The number of hydrogen-bond donors (Lipinski definition) is 0. The molecule has 1 fully saturated rings. The maximum Gasteiger partial charge on any atom is 0.248 e. The van der Waals surface area contributed by atoms with Crippen LogP contribution < -0.4 is 0 Å².